The fourth-order valence-corrected chi connectivity index (χ4v) is 5.51. The Morgan fingerprint density at radius 3 is 2.59 bits per heavy atom. The number of nitrogens with one attached hydrogen (secondary N) is 1. The summed E-state index contributed by atoms with van der Waals surface area (Å²) in [4.78, 5) is 18.9. The summed E-state index contributed by atoms with van der Waals surface area (Å²) in [6.45, 7) is 3.15. The van der Waals surface area contributed by atoms with Gasteiger partial charge in [0, 0.05) is 36.4 Å². The topological polar surface area (TPSA) is 84.3 Å². The van der Waals surface area contributed by atoms with Crippen molar-refractivity contribution in [2.75, 3.05) is 17.8 Å². The number of amides is 1. The molecule has 0 unspecified atom stereocenters. The van der Waals surface area contributed by atoms with E-state index in [2.05, 4.69) is 9.71 Å². The number of carbonyl (C=O) groups is 1. The summed E-state index contributed by atoms with van der Waals surface area (Å²) >= 11 is 1.34. The number of thiazole rings is 1. The van der Waals surface area contributed by atoms with E-state index < -0.39 is 21.7 Å². The fourth-order valence-electron chi connectivity index (χ4n) is 3.58. The van der Waals surface area contributed by atoms with Gasteiger partial charge in [0.15, 0.2) is 0 Å². The summed E-state index contributed by atoms with van der Waals surface area (Å²) in [6.07, 6.45) is 4.33. The minimum atomic E-state index is -4.19. The molecule has 1 saturated heterocycles. The molecule has 1 aromatic carbocycles. The molecule has 32 heavy (non-hydrogen) atoms. The van der Waals surface area contributed by atoms with E-state index in [1.54, 1.807) is 9.47 Å². The number of carbonyl (C=O) groups excluding carboxylic acids is 1. The molecule has 0 spiro atoms. The first-order chi connectivity index (χ1) is 15.2. The maximum Gasteiger partial charge on any atom is 0.263 e. The van der Waals surface area contributed by atoms with Gasteiger partial charge in [0.25, 0.3) is 10.0 Å². The van der Waals surface area contributed by atoms with Crippen LogP contribution in [0, 0.1) is 18.6 Å². The number of piperidine rings is 1. The standard InChI is InChI=1S/C21H22F2N4O3S2/c1-14-13-31-21(24-14)19-10-16(11-27(19)12-20(28)26-7-3-2-4-8-26)32(29,30)25-18-6-5-15(22)9-17(18)23/h5-6,9-11,13,25H,2-4,7-8,12H2,1H3. The van der Waals surface area contributed by atoms with Gasteiger partial charge >= 0.3 is 0 Å². The Morgan fingerprint density at radius 2 is 1.94 bits per heavy atom. The van der Waals surface area contributed by atoms with E-state index in [1.807, 2.05) is 12.3 Å². The minimum Gasteiger partial charge on any atom is -0.341 e. The van der Waals surface area contributed by atoms with E-state index in [4.69, 9.17) is 0 Å². The lowest BCUT2D eigenvalue weighted by molar-refractivity contribution is -0.132. The summed E-state index contributed by atoms with van der Waals surface area (Å²) < 4.78 is 56.7. The second-order valence-electron chi connectivity index (χ2n) is 7.65. The van der Waals surface area contributed by atoms with Crippen LogP contribution < -0.4 is 4.72 Å². The number of halogens is 2. The molecule has 2 aromatic heterocycles. The van der Waals surface area contributed by atoms with E-state index in [-0.39, 0.29) is 23.0 Å². The molecule has 1 aliphatic rings. The Morgan fingerprint density at radius 1 is 1.19 bits per heavy atom. The molecule has 11 heteroatoms. The number of hydrogen-bond acceptors (Lipinski definition) is 5. The molecular formula is C21H22F2N4O3S2. The fraction of sp³-hybridized carbons (Fsp3) is 0.333. The van der Waals surface area contributed by atoms with Crippen LogP contribution in [0.3, 0.4) is 0 Å². The van der Waals surface area contributed by atoms with Crippen LogP contribution in [0.15, 0.2) is 40.7 Å². The number of rotatable bonds is 6. The Kier molecular flexibility index (Phi) is 6.29. The van der Waals surface area contributed by atoms with Gasteiger partial charge in [-0.05, 0) is 44.4 Å². The van der Waals surface area contributed by atoms with E-state index >= 15 is 0 Å². The summed E-state index contributed by atoms with van der Waals surface area (Å²) in [5, 5.41) is 2.41. The molecule has 1 fully saturated rings. The molecule has 0 aliphatic carbocycles. The highest BCUT2D eigenvalue weighted by atomic mass is 32.2. The van der Waals surface area contributed by atoms with Gasteiger partial charge in [0.2, 0.25) is 5.91 Å². The van der Waals surface area contributed by atoms with Crippen LogP contribution in [0.2, 0.25) is 0 Å². The molecule has 0 saturated carbocycles. The average molecular weight is 481 g/mol. The van der Waals surface area contributed by atoms with Gasteiger partial charge in [0.1, 0.15) is 28.1 Å². The van der Waals surface area contributed by atoms with Crippen LogP contribution in [-0.4, -0.2) is 41.9 Å². The van der Waals surface area contributed by atoms with Crippen LogP contribution in [0.25, 0.3) is 10.7 Å². The molecule has 0 bridgehead atoms. The van der Waals surface area contributed by atoms with Gasteiger partial charge in [-0.1, -0.05) is 0 Å². The van der Waals surface area contributed by atoms with Crippen LogP contribution >= 0.6 is 11.3 Å². The van der Waals surface area contributed by atoms with Crippen molar-refractivity contribution in [1.82, 2.24) is 14.5 Å². The summed E-state index contributed by atoms with van der Waals surface area (Å²) in [6, 6.07) is 3.99. The van der Waals surface area contributed by atoms with E-state index in [0.29, 0.717) is 29.9 Å². The van der Waals surface area contributed by atoms with E-state index in [1.165, 1.54) is 23.6 Å². The first kappa shape index (κ1) is 22.4. The van der Waals surface area contributed by atoms with Crippen molar-refractivity contribution in [3.63, 3.8) is 0 Å². The lowest BCUT2D eigenvalue weighted by Crippen LogP contribution is -2.37. The molecule has 170 valence electrons. The zero-order valence-corrected chi connectivity index (χ0v) is 19.0. The predicted octanol–water partition coefficient (Wildman–Crippen LogP) is 4.01. The summed E-state index contributed by atoms with van der Waals surface area (Å²) in [5.41, 5.74) is 0.889. The Balaban J connectivity index is 1.67. The third kappa shape index (κ3) is 4.83. The molecule has 1 aliphatic heterocycles. The highest BCUT2D eigenvalue weighted by Crippen LogP contribution is 2.29. The summed E-state index contributed by atoms with van der Waals surface area (Å²) in [7, 11) is -4.19. The maximum atomic E-state index is 14.0. The number of aryl methyl sites for hydroxylation is 1. The number of nitrogens with zero attached hydrogens (tertiary/aromatic N) is 3. The minimum absolute atomic E-state index is 0.0333. The molecule has 4 rings (SSSR count). The lowest BCUT2D eigenvalue weighted by Gasteiger charge is -2.27. The zero-order valence-electron chi connectivity index (χ0n) is 17.3. The van der Waals surface area contributed by atoms with Crippen molar-refractivity contribution in [2.45, 2.75) is 37.6 Å². The molecule has 3 heterocycles. The van der Waals surface area contributed by atoms with Crippen molar-refractivity contribution in [2.24, 2.45) is 0 Å². The molecule has 0 atom stereocenters. The number of likely N-dealkylation sites (tertiary alicyclic amines) is 1. The van der Waals surface area contributed by atoms with Gasteiger partial charge in [0.05, 0.1) is 11.4 Å². The van der Waals surface area contributed by atoms with Crippen molar-refractivity contribution in [3.8, 4) is 10.7 Å². The van der Waals surface area contributed by atoms with Gasteiger partial charge in [-0.2, -0.15) is 0 Å². The van der Waals surface area contributed by atoms with E-state index in [0.717, 1.165) is 37.1 Å². The molecule has 7 nitrogen and oxygen atoms in total. The third-order valence-electron chi connectivity index (χ3n) is 5.21. The SMILES string of the molecule is Cc1csc(-c2cc(S(=O)(=O)Nc3ccc(F)cc3F)cn2CC(=O)N2CCCCC2)n1. The number of benzene rings is 1. The Bertz CT molecular complexity index is 1250. The van der Waals surface area contributed by atoms with Crippen molar-refractivity contribution < 1.29 is 22.0 Å². The molecule has 3 aromatic rings. The molecular weight excluding hydrogens is 458 g/mol. The van der Waals surface area contributed by atoms with Gasteiger partial charge < -0.3 is 9.47 Å². The van der Waals surface area contributed by atoms with Gasteiger partial charge in [-0.3, -0.25) is 9.52 Å². The van der Waals surface area contributed by atoms with Crippen molar-refractivity contribution >= 4 is 33.0 Å². The Labute approximate surface area is 188 Å². The maximum absolute atomic E-state index is 14.0. The highest BCUT2D eigenvalue weighted by Gasteiger charge is 2.24. The Hall–Kier alpha value is -2.79. The molecule has 0 radical (unpaired) electrons. The van der Waals surface area contributed by atoms with Crippen molar-refractivity contribution in [3.05, 3.63) is 53.2 Å². The van der Waals surface area contributed by atoms with Gasteiger partial charge in [-0.15, -0.1) is 11.3 Å². The first-order valence-corrected chi connectivity index (χ1v) is 12.5. The quantitative estimate of drug-likeness (QED) is 0.578. The number of sulfonamides is 1. The largest absolute Gasteiger partial charge is 0.341 e. The highest BCUT2D eigenvalue weighted by molar-refractivity contribution is 7.92. The monoisotopic (exact) mass is 480 g/mol. The summed E-state index contributed by atoms with van der Waals surface area (Å²) in [5.74, 6) is -1.94. The van der Waals surface area contributed by atoms with Crippen LogP contribution in [-0.2, 0) is 21.4 Å². The number of aromatic nitrogens is 2. The molecule has 1 amide bonds. The zero-order chi connectivity index (χ0) is 22.9. The smallest absolute Gasteiger partial charge is 0.263 e. The molecule has 1 N–H and O–H groups in total. The van der Waals surface area contributed by atoms with Crippen LogP contribution in [0.1, 0.15) is 25.0 Å². The lowest BCUT2D eigenvalue weighted by atomic mass is 10.1. The van der Waals surface area contributed by atoms with Crippen molar-refractivity contribution in [1.29, 1.82) is 0 Å². The second kappa shape index (κ2) is 8.99. The third-order valence-corrected chi connectivity index (χ3v) is 7.52. The van der Waals surface area contributed by atoms with Crippen LogP contribution in [0.5, 0.6) is 0 Å². The van der Waals surface area contributed by atoms with Crippen LogP contribution in [0.4, 0.5) is 14.5 Å². The average Bonchev–Trinajstić information content (AvgIpc) is 3.37. The second-order valence-corrected chi connectivity index (χ2v) is 10.2. The first-order valence-electron chi connectivity index (χ1n) is 10.1. The predicted molar refractivity (Wildman–Crippen MR) is 118 cm³/mol. The number of hydrogen-bond donors (Lipinski definition) is 1. The van der Waals surface area contributed by atoms with E-state index in [9.17, 15) is 22.0 Å². The van der Waals surface area contributed by atoms with Gasteiger partial charge in [-0.25, -0.2) is 22.2 Å². The normalized spacial score (nSPS) is 14.5. The number of anilines is 1.